The second kappa shape index (κ2) is 4.23. The monoisotopic (exact) mass is 213 g/mol. The molecular formula is C13H15N3. The molecule has 0 aliphatic heterocycles. The molecule has 0 spiro atoms. The summed E-state index contributed by atoms with van der Waals surface area (Å²) in [6.07, 6.45) is 0. The van der Waals surface area contributed by atoms with Crippen molar-refractivity contribution in [2.75, 3.05) is 11.1 Å². The number of hydrogen-bond donors (Lipinski definition) is 2. The van der Waals surface area contributed by atoms with E-state index < -0.39 is 0 Å². The van der Waals surface area contributed by atoms with Crippen LogP contribution in [0.2, 0.25) is 0 Å². The number of rotatable bonds is 2. The summed E-state index contributed by atoms with van der Waals surface area (Å²) in [5.74, 6) is 0. The van der Waals surface area contributed by atoms with Gasteiger partial charge in [-0.3, -0.25) is 4.98 Å². The number of benzene rings is 1. The first-order valence-electron chi connectivity index (χ1n) is 5.22. The van der Waals surface area contributed by atoms with E-state index in [1.54, 1.807) is 0 Å². The van der Waals surface area contributed by atoms with Gasteiger partial charge in [0.1, 0.15) is 0 Å². The average Bonchev–Trinajstić information content (AvgIpc) is 2.27. The molecule has 0 amide bonds. The molecule has 1 aromatic heterocycles. The third-order valence-corrected chi connectivity index (χ3v) is 2.43. The van der Waals surface area contributed by atoms with E-state index in [9.17, 15) is 0 Å². The van der Waals surface area contributed by atoms with Gasteiger partial charge >= 0.3 is 0 Å². The zero-order valence-electron chi connectivity index (χ0n) is 9.49. The molecule has 2 aromatic rings. The number of aryl methyl sites for hydroxylation is 2. The summed E-state index contributed by atoms with van der Waals surface area (Å²) in [6.45, 7) is 3.88. The van der Waals surface area contributed by atoms with Crippen molar-refractivity contribution in [3.8, 4) is 0 Å². The maximum atomic E-state index is 5.97. The van der Waals surface area contributed by atoms with Crippen molar-refractivity contribution >= 4 is 17.1 Å². The molecule has 0 unspecified atom stereocenters. The van der Waals surface area contributed by atoms with Crippen molar-refractivity contribution in [1.82, 2.24) is 4.98 Å². The van der Waals surface area contributed by atoms with E-state index in [-0.39, 0.29) is 0 Å². The number of para-hydroxylation sites is 1. The smallest absolute Gasteiger partial charge is 0.0769 e. The number of anilines is 3. The first kappa shape index (κ1) is 10.5. The normalized spacial score (nSPS) is 10.1. The highest BCUT2D eigenvalue weighted by atomic mass is 14.9. The standard InChI is InChI=1S/C13H15N3/c1-9-8-12(13(14)10(2)15-9)16-11-6-4-3-5-7-11/h3-8H,14H2,1-2H3,(H,15,16). The summed E-state index contributed by atoms with van der Waals surface area (Å²) in [5, 5.41) is 3.29. The summed E-state index contributed by atoms with van der Waals surface area (Å²) < 4.78 is 0. The highest BCUT2D eigenvalue weighted by Gasteiger charge is 2.04. The molecule has 3 heteroatoms. The topological polar surface area (TPSA) is 50.9 Å². The molecule has 1 aromatic carbocycles. The molecule has 0 bridgehead atoms. The molecule has 0 radical (unpaired) electrons. The minimum absolute atomic E-state index is 0.703. The van der Waals surface area contributed by atoms with Gasteiger partial charge in [0.15, 0.2) is 0 Å². The predicted octanol–water partition coefficient (Wildman–Crippen LogP) is 3.02. The Kier molecular flexibility index (Phi) is 2.77. The fraction of sp³-hybridized carbons (Fsp3) is 0.154. The second-order valence-corrected chi connectivity index (χ2v) is 3.80. The Morgan fingerprint density at radius 2 is 1.81 bits per heavy atom. The van der Waals surface area contributed by atoms with Crippen molar-refractivity contribution in [3.05, 3.63) is 47.8 Å². The lowest BCUT2D eigenvalue weighted by Crippen LogP contribution is -2.01. The summed E-state index contributed by atoms with van der Waals surface area (Å²) in [6, 6.07) is 11.9. The maximum absolute atomic E-state index is 5.97. The van der Waals surface area contributed by atoms with E-state index in [1.807, 2.05) is 50.2 Å². The minimum atomic E-state index is 0.703. The van der Waals surface area contributed by atoms with Gasteiger partial charge in [0.25, 0.3) is 0 Å². The van der Waals surface area contributed by atoms with E-state index in [0.29, 0.717) is 5.69 Å². The van der Waals surface area contributed by atoms with Crippen LogP contribution in [0, 0.1) is 13.8 Å². The number of nitrogen functional groups attached to an aromatic ring is 1. The average molecular weight is 213 g/mol. The van der Waals surface area contributed by atoms with Crippen LogP contribution in [0.3, 0.4) is 0 Å². The number of pyridine rings is 1. The molecule has 3 nitrogen and oxygen atoms in total. The van der Waals surface area contributed by atoms with Crippen LogP contribution >= 0.6 is 0 Å². The van der Waals surface area contributed by atoms with E-state index in [2.05, 4.69) is 10.3 Å². The lowest BCUT2D eigenvalue weighted by atomic mass is 10.2. The number of nitrogens with one attached hydrogen (secondary N) is 1. The molecule has 1 heterocycles. The second-order valence-electron chi connectivity index (χ2n) is 3.80. The fourth-order valence-electron chi connectivity index (χ4n) is 1.62. The molecule has 82 valence electrons. The molecule has 0 saturated carbocycles. The van der Waals surface area contributed by atoms with Crippen LogP contribution in [0.1, 0.15) is 11.4 Å². The Balaban J connectivity index is 2.35. The van der Waals surface area contributed by atoms with Crippen LogP contribution < -0.4 is 11.1 Å². The third kappa shape index (κ3) is 2.14. The van der Waals surface area contributed by atoms with Crippen LogP contribution in [0.15, 0.2) is 36.4 Å². The van der Waals surface area contributed by atoms with Gasteiger partial charge in [-0.1, -0.05) is 18.2 Å². The first-order valence-corrected chi connectivity index (χ1v) is 5.22. The summed E-state index contributed by atoms with van der Waals surface area (Å²) in [7, 11) is 0. The number of aromatic nitrogens is 1. The first-order chi connectivity index (χ1) is 7.66. The highest BCUT2D eigenvalue weighted by Crippen LogP contribution is 2.25. The predicted molar refractivity (Wildman–Crippen MR) is 67.8 cm³/mol. The quantitative estimate of drug-likeness (QED) is 0.806. The van der Waals surface area contributed by atoms with Crippen LogP contribution in [-0.4, -0.2) is 4.98 Å². The largest absolute Gasteiger partial charge is 0.396 e. The van der Waals surface area contributed by atoms with Crippen molar-refractivity contribution < 1.29 is 0 Å². The molecule has 2 rings (SSSR count). The van der Waals surface area contributed by atoms with E-state index in [1.165, 1.54) is 0 Å². The Labute approximate surface area is 95.3 Å². The van der Waals surface area contributed by atoms with Crippen molar-refractivity contribution in [3.63, 3.8) is 0 Å². The van der Waals surface area contributed by atoms with Crippen LogP contribution in [-0.2, 0) is 0 Å². The SMILES string of the molecule is Cc1cc(Nc2ccccc2)c(N)c(C)n1. The molecule has 16 heavy (non-hydrogen) atoms. The zero-order valence-corrected chi connectivity index (χ0v) is 9.49. The Morgan fingerprint density at radius 1 is 1.12 bits per heavy atom. The Morgan fingerprint density at radius 3 is 2.50 bits per heavy atom. The van der Waals surface area contributed by atoms with Gasteiger partial charge in [-0.15, -0.1) is 0 Å². The lowest BCUT2D eigenvalue weighted by molar-refractivity contribution is 1.13. The fourth-order valence-corrected chi connectivity index (χ4v) is 1.62. The van der Waals surface area contributed by atoms with Crippen molar-refractivity contribution in [2.45, 2.75) is 13.8 Å². The number of nitrogens with zero attached hydrogens (tertiary/aromatic N) is 1. The van der Waals surface area contributed by atoms with Gasteiger partial charge in [-0.05, 0) is 32.0 Å². The Hall–Kier alpha value is -2.03. The maximum Gasteiger partial charge on any atom is 0.0769 e. The van der Waals surface area contributed by atoms with Crippen LogP contribution in [0.5, 0.6) is 0 Å². The van der Waals surface area contributed by atoms with Gasteiger partial charge in [-0.25, -0.2) is 0 Å². The highest BCUT2D eigenvalue weighted by molar-refractivity contribution is 5.74. The van der Waals surface area contributed by atoms with Crippen LogP contribution in [0.4, 0.5) is 17.1 Å². The molecule has 0 aliphatic carbocycles. The minimum Gasteiger partial charge on any atom is -0.396 e. The van der Waals surface area contributed by atoms with E-state index in [4.69, 9.17) is 5.73 Å². The van der Waals surface area contributed by atoms with Gasteiger partial charge in [0.2, 0.25) is 0 Å². The van der Waals surface area contributed by atoms with Crippen molar-refractivity contribution in [2.24, 2.45) is 0 Å². The summed E-state index contributed by atoms with van der Waals surface area (Å²) in [4.78, 5) is 4.31. The number of nitrogens with two attached hydrogens (primary N) is 1. The van der Waals surface area contributed by atoms with Gasteiger partial charge < -0.3 is 11.1 Å². The van der Waals surface area contributed by atoms with E-state index >= 15 is 0 Å². The molecule has 0 aliphatic rings. The zero-order chi connectivity index (χ0) is 11.5. The molecule has 0 fully saturated rings. The molecule has 3 N–H and O–H groups in total. The lowest BCUT2D eigenvalue weighted by Gasteiger charge is -2.11. The third-order valence-electron chi connectivity index (χ3n) is 2.43. The summed E-state index contributed by atoms with van der Waals surface area (Å²) in [5.41, 5.74) is 10.4. The van der Waals surface area contributed by atoms with Gasteiger partial charge in [0.05, 0.1) is 17.1 Å². The molecular weight excluding hydrogens is 198 g/mol. The van der Waals surface area contributed by atoms with Crippen LogP contribution in [0.25, 0.3) is 0 Å². The van der Waals surface area contributed by atoms with Gasteiger partial charge in [0, 0.05) is 11.4 Å². The number of hydrogen-bond acceptors (Lipinski definition) is 3. The molecule has 0 atom stereocenters. The van der Waals surface area contributed by atoms with E-state index in [0.717, 1.165) is 22.8 Å². The molecule has 0 saturated heterocycles. The van der Waals surface area contributed by atoms with Gasteiger partial charge in [-0.2, -0.15) is 0 Å². The Bertz CT molecular complexity index is 492. The summed E-state index contributed by atoms with van der Waals surface area (Å²) >= 11 is 0. The van der Waals surface area contributed by atoms with Crippen molar-refractivity contribution in [1.29, 1.82) is 0 Å².